The minimum Gasteiger partial charge on any atom is -0.298 e. The minimum atomic E-state index is -3.63. The van der Waals surface area contributed by atoms with Crippen LogP contribution in [0.3, 0.4) is 0 Å². The zero-order chi connectivity index (χ0) is 15.2. The molecule has 0 aliphatic heterocycles. The highest BCUT2D eigenvalue weighted by Gasteiger charge is 2.50. The summed E-state index contributed by atoms with van der Waals surface area (Å²) < 4.78 is 27.1. The van der Waals surface area contributed by atoms with Gasteiger partial charge in [0, 0.05) is 0 Å². The van der Waals surface area contributed by atoms with Crippen molar-refractivity contribution in [2.75, 3.05) is 0 Å². The van der Waals surface area contributed by atoms with Crippen LogP contribution in [0.5, 0.6) is 0 Å². The van der Waals surface area contributed by atoms with E-state index in [2.05, 4.69) is 25.5 Å². The van der Waals surface area contributed by atoms with Gasteiger partial charge in [-0.05, 0) is 42.9 Å². The average Bonchev–Trinajstić information content (AvgIpc) is 3.08. The van der Waals surface area contributed by atoms with Gasteiger partial charge in [-0.1, -0.05) is 32.9 Å². The molecule has 0 heterocycles. The van der Waals surface area contributed by atoms with Gasteiger partial charge >= 0.3 is 0 Å². The summed E-state index contributed by atoms with van der Waals surface area (Å²) in [6.45, 7) is 7.65. The number of ketones is 1. The van der Waals surface area contributed by atoms with Crippen molar-refractivity contribution in [3.8, 4) is 0 Å². The van der Waals surface area contributed by atoms with E-state index < -0.39 is 15.6 Å². The van der Waals surface area contributed by atoms with Crippen LogP contribution in [0.25, 0.3) is 0 Å². The van der Waals surface area contributed by atoms with Crippen LogP contribution >= 0.6 is 0 Å². The molecule has 0 bridgehead atoms. The molecule has 1 aliphatic carbocycles. The number of rotatable bonds is 4. The van der Waals surface area contributed by atoms with Gasteiger partial charge in [0.25, 0.3) is 0 Å². The van der Waals surface area contributed by atoms with Crippen LogP contribution in [-0.4, -0.2) is 19.7 Å². The molecule has 1 fully saturated rings. The summed E-state index contributed by atoms with van der Waals surface area (Å²) in [5.74, 6) is -0.118. The third-order valence-electron chi connectivity index (χ3n) is 3.78. The monoisotopic (exact) mass is 295 g/mol. The van der Waals surface area contributed by atoms with Crippen LogP contribution < -0.4 is 4.72 Å². The summed E-state index contributed by atoms with van der Waals surface area (Å²) in [6.07, 6.45) is 1.17. The molecule has 1 aromatic carbocycles. The van der Waals surface area contributed by atoms with Gasteiger partial charge in [0.05, 0.1) is 10.4 Å². The zero-order valence-corrected chi connectivity index (χ0v) is 13.2. The van der Waals surface area contributed by atoms with Crippen LogP contribution in [0.15, 0.2) is 29.2 Å². The van der Waals surface area contributed by atoms with Crippen LogP contribution in [0, 0.1) is 0 Å². The number of hydrogen-bond acceptors (Lipinski definition) is 3. The van der Waals surface area contributed by atoms with Gasteiger partial charge < -0.3 is 0 Å². The Morgan fingerprint density at radius 3 is 2.00 bits per heavy atom. The van der Waals surface area contributed by atoms with E-state index >= 15 is 0 Å². The Morgan fingerprint density at radius 1 is 1.15 bits per heavy atom. The number of hydrogen-bond donors (Lipinski definition) is 1. The van der Waals surface area contributed by atoms with Gasteiger partial charge in [-0.2, -0.15) is 4.72 Å². The molecule has 20 heavy (non-hydrogen) atoms. The van der Waals surface area contributed by atoms with E-state index in [-0.39, 0.29) is 16.1 Å². The molecule has 0 spiro atoms. The lowest BCUT2D eigenvalue weighted by atomic mass is 9.87. The molecule has 0 amide bonds. The van der Waals surface area contributed by atoms with E-state index in [9.17, 15) is 13.2 Å². The lowest BCUT2D eigenvalue weighted by Crippen LogP contribution is -2.41. The molecule has 4 nitrogen and oxygen atoms in total. The van der Waals surface area contributed by atoms with Gasteiger partial charge in [-0.15, -0.1) is 0 Å². The average molecular weight is 295 g/mol. The number of nitrogens with one attached hydrogen (secondary N) is 1. The molecule has 1 aliphatic rings. The fourth-order valence-corrected chi connectivity index (χ4v) is 3.58. The predicted octanol–water partition coefficient (Wildman–Crippen LogP) is 2.38. The molecule has 0 saturated heterocycles. The number of benzene rings is 1. The SMILES string of the molecule is CC(=O)C1(NS(=O)(=O)c2ccc(C(C)(C)C)cc2)CC1. The highest BCUT2D eigenvalue weighted by atomic mass is 32.2. The third-order valence-corrected chi connectivity index (χ3v) is 5.34. The number of carbonyl (C=O) groups excluding carboxylic acids is 1. The van der Waals surface area contributed by atoms with E-state index in [1.165, 1.54) is 6.92 Å². The molecule has 1 N–H and O–H groups in total. The smallest absolute Gasteiger partial charge is 0.241 e. The number of sulfonamides is 1. The second kappa shape index (κ2) is 4.67. The molecule has 0 radical (unpaired) electrons. The largest absolute Gasteiger partial charge is 0.298 e. The Morgan fingerprint density at radius 2 is 1.65 bits per heavy atom. The molecule has 1 saturated carbocycles. The van der Waals surface area contributed by atoms with E-state index in [1.807, 2.05) is 12.1 Å². The predicted molar refractivity (Wildman–Crippen MR) is 78.1 cm³/mol. The first-order valence-corrected chi connectivity index (χ1v) is 8.21. The molecule has 0 atom stereocenters. The third kappa shape index (κ3) is 2.94. The van der Waals surface area contributed by atoms with Crippen molar-refractivity contribution in [3.05, 3.63) is 29.8 Å². The molecular formula is C15H21NO3S. The van der Waals surface area contributed by atoms with Crippen molar-refractivity contribution >= 4 is 15.8 Å². The molecular weight excluding hydrogens is 274 g/mol. The molecule has 110 valence electrons. The van der Waals surface area contributed by atoms with Crippen LogP contribution in [0.4, 0.5) is 0 Å². The summed E-state index contributed by atoms with van der Waals surface area (Å²) in [5, 5.41) is 0. The maximum Gasteiger partial charge on any atom is 0.241 e. The van der Waals surface area contributed by atoms with E-state index in [0.29, 0.717) is 12.8 Å². The molecule has 2 rings (SSSR count). The maximum absolute atomic E-state index is 12.3. The summed E-state index contributed by atoms with van der Waals surface area (Å²) in [7, 11) is -3.63. The van der Waals surface area contributed by atoms with E-state index in [4.69, 9.17) is 0 Å². The van der Waals surface area contributed by atoms with Crippen molar-refractivity contribution in [2.45, 2.75) is 56.4 Å². The molecule has 0 aromatic heterocycles. The highest BCUT2D eigenvalue weighted by molar-refractivity contribution is 7.89. The quantitative estimate of drug-likeness (QED) is 0.927. The first kappa shape index (κ1) is 15.2. The Kier molecular flexibility index (Phi) is 3.55. The summed E-state index contributed by atoms with van der Waals surface area (Å²) >= 11 is 0. The first-order valence-electron chi connectivity index (χ1n) is 6.72. The normalized spacial score (nSPS) is 17.8. The second-order valence-corrected chi connectivity index (χ2v) is 8.20. The van der Waals surface area contributed by atoms with Crippen molar-refractivity contribution in [3.63, 3.8) is 0 Å². The highest BCUT2D eigenvalue weighted by Crippen LogP contribution is 2.37. The lowest BCUT2D eigenvalue weighted by Gasteiger charge is -2.19. The molecule has 0 unspecified atom stereocenters. The van der Waals surface area contributed by atoms with Crippen molar-refractivity contribution in [1.29, 1.82) is 0 Å². The lowest BCUT2D eigenvalue weighted by molar-refractivity contribution is -0.119. The fraction of sp³-hybridized carbons (Fsp3) is 0.533. The van der Waals surface area contributed by atoms with Gasteiger partial charge in [-0.25, -0.2) is 8.42 Å². The Hall–Kier alpha value is -1.20. The van der Waals surface area contributed by atoms with E-state index in [1.54, 1.807) is 12.1 Å². The standard InChI is InChI=1S/C15H21NO3S/c1-11(17)15(9-10-15)16-20(18,19)13-7-5-12(6-8-13)14(2,3)4/h5-8,16H,9-10H2,1-4H3. The summed E-state index contributed by atoms with van der Waals surface area (Å²) in [5.41, 5.74) is 0.193. The number of carbonyl (C=O) groups is 1. The maximum atomic E-state index is 12.3. The van der Waals surface area contributed by atoms with Gasteiger partial charge in [0.15, 0.2) is 5.78 Å². The second-order valence-electron chi connectivity index (χ2n) is 6.52. The summed E-state index contributed by atoms with van der Waals surface area (Å²) in [4.78, 5) is 11.7. The van der Waals surface area contributed by atoms with Gasteiger partial charge in [0.2, 0.25) is 10.0 Å². The van der Waals surface area contributed by atoms with Crippen LogP contribution in [0.1, 0.15) is 46.1 Å². The number of Topliss-reactive ketones (excluding diaryl/α,β-unsaturated/α-hetero) is 1. The van der Waals surface area contributed by atoms with Crippen molar-refractivity contribution in [1.82, 2.24) is 4.72 Å². The van der Waals surface area contributed by atoms with Crippen LogP contribution in [0.2, 0.25) is 0 Å². The summed E-state index contributed by atoms with van der Waals surface area (Å²) in [6, 6.07) is 6.84. The zero-order valence-electron chi connectivity index (χ0n) is 12.4. The topological polar surface area (TPSA) is 63.2 Å². The Labute approximate surface area is 120 Å². The molecule has 5 heteroatoms. The van der Waals surface area contributed by atoms with Gasteiger partial charge in [-0.3, -0.25) is 4.79 Å². The van der Waals surface area contributed by atoms with Crippen molar-refractivity contribution < 1.29 is 13.2 Å². The van der Waals surface area contributed by atoms with Gasteiger partial charge in [0.1, 0.15) is 0 Å². The minimum absolute atomic E-state index is 0.0210. The van der Waals surface area contributed by atoms with E-state index in [0.717, 1.165) is 5.56 Å². The first-order chi connectivity index (χ1) is 9.07. The van der Waals surface area contributed by atoms with Crippen molar-refractivity contribution in [2.24, 2.45) is 0 Å². The van der Waals surface area contributed by atoms with Crippen LogP contribution in [-0.2, 0) is 20.2 Å². The Bertz CT molecular complexity index is 620. The fourth-order valence-electron chi connectivity index (χ4n) is 2.10. The molecule has 1 aromatic rings. The Balaban J connectivity index is 2.25.